The molecule has 0 fully saturated rings. The second-order valence-electron chi connectivity index (χ2n) is 7.53. The predicted molar refractivity (Wildman–Crippen MR) is 99.1 cm³/mol. The van der Waals surface area contributed by atoms with E-state index in [1.165, 1.54) is 0 Å². The molecule has 0 amide bonds. The molecule has 234 valence electrons. The fourth-order valence-electron chi connectivity index (χ4n) is 2.52. The van der Waals surface area contributed by atoms with Crippen molar-refractivity contribution in [1.29, 1.82) is 0 Å². The lowest BCUT2D eigenvalue weighted by molar-refractivity contribution is -0.461. The number of halogens is 17. The molecule has 0 aliphatic heterocycles. The van der Waals surface area contributed by atoms with Crippen molar-refractivity contribution >= 4 is 31.0 Å². The summed E-state index contributed by atoms with van der Waals surface area (Å²) in [6, 6.07) is 0. The molecule has 1 aromatic heterocycles. The van der Waals surface area contributed by atoms with E-state index in [0.717, 1.165) is 0 Å². The fourth-order valence-corrected chi connectivity index (χ4v) is 7.06. The van der Waals surface area contributed by atoms with Gasteiger partial charge in [-0.1, -0.05) is 6.58 Å². The van der Waals surface area contributed by atoms with Gasteiger partial charge < -0.3 is 0 Å². The summed E-state index contributed by atoms with van der Waals surface area (Å²) in [6.07, 6.45) is -11.1. The second-order valence-corrected chi connectivity index (χ2v) is 12.2. The monoisotopic (exact) mass is 684 g/mol. The van der Waals surface area contributed by atoms with Crippen molar-refractivity contribution in [2.24, 2.45) is 0 Å². The van der Waals surface area contributed by atoms with Crippen molar-refractivity contribution in [1.82, 2.24) is 0 Å². The van der Waals surface area contributed by atoms with Gasteiger partial charge in [-0.3, -0.25) is 0 Å². The third kappa shape index (κ3) is 5.15. The number of hydrogen-bond acceptors (Lipinski definition) is 5. The molecule has 1 aromatic rings. The van der Waals surface area contributed by atoms with Gasteiger partial charge in [-0.2, -0.15) is 74.6 Å². The lowest BCUT2D eigenvalue weighted by Crippen LogP contribution is -2.74. The molecule has 0 spiro atoms. The van der Waals surface area contributed by atoms with E-state index in [4.69, 9.17) is 0 Å². The molecule has 0 saturated carbocycles. The number of hydrogen-bond donors (Lipinski definition) is 0. The summed E-state index contributed by atoms with van der Waals surface area (Å²) >= 11 is 0.234. The van der Waals surface area contributed by atoms with Gasteiger partial charge >= 0.3 is 47.6 Å². The maximum absolute atomic E-state index is 14.0. The lowest BCUT2D eigenvalue weighted by Gasteiger charge is -2.42. The van der Waals surface area contributed by atoms with Crippen molar-refractivity contribution in [3.8, 4) is 0 Å². The largest absolute Gasteiger partial charge is 0.460 e. The van der Waals surface area contributed by atoms with Gasteiger partial charge in [0.2, 0.25) is 9.84 Å². The summed E-state index contributed by atoms with van der Waals surface area (Å²) in [5, 5.41) is 1.02. The normalized spacial score (nSPS) is 15.8. The Morgan fingerprint density at radius 2 is 0.950 bits per heavy atom. The highest BCUT2D eigenvalue weighted by atomic mass is 32.2. The van der Waals surface area contributed by atoms with Crippen molar-refractivity contribution in [3.05, 3.63) is 22.7 Å². The van der Waals surface area contributed by atoms with Gasteiger partial charge in [-0.15, -0.1) is 11.3 Å². The van der Waals surface area contributed by atoms with E-state index in [-0.39, 0.29) is 16.7 Å². The van der Waals surface area contributed by atoms with Crippen LogP contribution in [0.4, 0.5) is 74.6 Å². The standard InChI is InChI=1S/C16H9F17O4S3/c1-2-39(34,35)7-5-38-6-8(7)40(36,37)4-3-9(17,18)10(19,20)11(21,22)12(23,24)13(25,26)14(27,28)15(29,30)16(31,32)33/h2,5-6H,1,3-4H2. The molecule has 0 aromatic carbocycles. The van der Waals surface area contributed by atoms with Crippen LogP contribution in [0.15, 0.2) is 32.5 Å². The molecule has 0 N–H and O–H groups in total. The van der Waals surface area contributed by atoms with Crippen LogP contribution in [0.25, 0.3) is 0 Å². The van der Waals surface area contributed by atoms with Gasteiger partial charge in [0.15, 0.2) is 9.84 Å². The zero-order chi connectivity index (χ0) is 32.4. The molecule has 1 heterocycles. The van der Waals surface area contributed by atoms with Gasteiger partial charge in [0.1, 0.15) is 4.90 Å². The van der Waals surface area contributed by atoms with Crippen molar-refractivity contribution in [2.45, 2.75) is 63.8 Å². The molecular weight excluding hydrogens is 675 g/mol. The Balaban J connectivity index is 3.56. The predicted octanol–water partition coefficient (Wildman–Crippen LogP) is 6.84. The van der Waals surface area contributed by atoms with Gasteiger partial charge in [-0.05, 0) is 0 Å². The number of rotatable bonds is 12. The summed E-state index contributed by atoms with van der Waals surface area (Å²) < 4.78 is 274. The SMILES string of the molecule is C=CS(=O)(=O)c1cscc1S(=O)(=O)CCC(F)(F)C(F)(F)C(F)(F)C(F)(F)C(F)(F)C(F)(F)C(F)(F)C(F)(F)F. The zero-order valence-electron chi connectivity index (χ0n) is 18.1. The third-order valence-corrected chi connectivity index (χ3v) is 9.24. The first-order valence-corrected chi connectivity index (χ1v) is 13.3. The second kappa shape index (κ2) is 9.87. The van der Waals surface area contributed by atoms with Crippen LogP contribution in [0.3, 0.4) is 0 Å². The average molecular weight is 684 g/mol. The van der Waals surface area contributed by atoms with E-state index in [1.54, 1.807) is 0 Å². The van der Waals surface area contributed by atoms with Gasteiger partial charge in [0.05, 0.1) is 10.6 Å². The van der Waals surface area contributed by atoms with Crippen LogP contribution >= 0.6 is 11.3 Å². The van der Waals surface area contributed by atoms with Gasteiger partial charge in [0.25, 0.3) is 0 Å². The molecule has 0 saturated heterocycles. The van der Waals surface area contributed by atoms with Gasteiger partial charge in [-0.25, -0.2) is 16.8 Å². The molecule has 1 rings (SSSR count). The summed E-state index contributed by atoms with van der Waals surface area (Å²) in [5.41, 5.74) is 0. The number of sulfone groups is 2. The van der Waals surface area contributed by atoms with E-state index in [9.17, 15) is 91.5 Å². The highest BCUT2D eigenvalue weighted by Gasteiger charge is 2.95. The van der Waals surface area contributed by atoms with Crippen molar-refractivity contribution in [3.63, 3.8) is 0 Å². The van der Waals surface area contributed by atoms with E-state index >= 15 is 0 Å². The van der Waals surface area contributed by atoms with Crippen LogP contribution < -0.4 is 0 Å². The minimum Gasteiger partial charge on any atom is -0.224 e. The average Bonchev–Trinajstić information content (AvgIpc) is 3.28. The van der Waals surface area contributed by atoms with Crippen LogP contribution in [0.1, 0.15) is 6.42 Å². The minimum atomic E-state index is -8.81. The Morgan fingerprint density at radius 3 is 1.32 bits per heavy atom. The molecular formula is C16H9F17O4S3. The first-order valence-electron chi connectivity index (χ1n) is 9.12. The summed E-state index contributed by atoms with van der Waals surface area (Å²) in [4.78, 5) is -2.65. The van der Waals surface area contributed by atoms with Crippen LogP contribution in [0.2, 0.25) is 0 Å². The third-order valence-electron chi connectivity index (χ3n) is 4.93. The molecule has 0 aliphatic rings. The van der Waals surface area contributed by atoms with Crippen LogP contribution in [-0.4, -0.2) is 70.2 Å². The summed E-state index contributed by atoms with van der Waals surface area (Å²) in [7, 11) is -10.3. The van der Waals surface area contributed by atoms with Gasteiger partial charge in [0, 0.05) is 22.6 Å². The molecule has 0 aliphatic carbocycles. The Bertz CT molecular complexity index is 1320. The topological polar surface area (TPSA) is 68.3 Å². The fraction of sp³-hybridized carbons (Fsp3) is 0.625. The molecule has 0 bridgehead atoms. The van der Waals surface area contributed by atoms with Crippen molar-refractivity contribution < 1.29 is 91.5 Å². The molecule has 4 nitrogen and oxygen atoms in total. The molecule has 0 atom stereocenters. The molecule has 0 unspecified atom stereocenters. The molecule has 24 heteroatoms. The first-order chi connectivity index (χ1) is 17.2. The number of thiophene rings is 1. The van der Waals surface area contributed by atoms with Crippen LogP contribution in [0, 0.1) is 0 Å². The Morgan fingerprint density at radius 1 is 0.600 bits per heavy atom. The molecule has 0 radical (unpaired) electrons. The summed E-state index contributed by atoms with van der Waals surface area (Å²) in [6.45, 7) is 2.77. The summed E-state index contributed by atoms with van der Waals surface area (Å²) in [5.74, 6) is -60.6. The van der Waals surface area contributed by atoms with Crippen molar-refractivity contribution in [2.75, 3.05) is 5.75 Å². The van der Waals surface area contributed by atoms with Crippen LogP contribution in [-0.2, 0) is 19.7 Å². The van der Waals surface area contributed by atoms with Crippen LogP contribution in [0.5, 0.6) is 0 Å². The highest BCUT2D eigenvalue weighted by molar-refractivity contribution is 7.96. The van der Waals surface area contributed by atoms with E-state index in [2.05, 4.69) is 6.58 Å². The lowest BCUT2D eigenvalue weighted by atomic mass is 9.88. The zero-order valence-corrected chi connectivity index (χ0v) is 20.6. The van der Waals surface area contributed by atoms with E-state index in [0.29, 0.717) is 10.8 Å². The quantitative estimate of drug-likeness (QED) is 0.226. The maximum atomic E-state index is 14.0. The molecule has 40 heavy (non-hydrogen) atoms. The maximum Gasteiger partial charge on any atom is 0.460 e. The smallest absolute Gasteiger partial charge is 0.224 e. The Kier molecular flexibility index (Phi) is 8.92. The first kappa shape index (κ1) is 36.2. The van der Waals surface area contributed by atoms with E-state index in [1.807, 2.05) is 0 Å². The number of alkyl halides is 17. The highest BCUT2D eigenvalue weighted by Crippen LogP contribution is 2.64. The Hall–Kier alpha value is -1.85. The Labute approximate surface area is 215 Å². The minimum absolute atomic E-state index is 0.109. The van der Waals surface area contributed by atoms with E-state index < -0.39 is 89.3 Å².